The van der Waals surface area contributed by atoms with E-state index in [-0.39, 0.29) is 0 Å². The van der Waals surface area contributed by atoms with Crippen molar-refractivity contribution in [3.8, 4) is 0 Å². The summed E-state index contributed by atoms with van der Waals surface area (Å²) in [6.07, 6.45) is 1.33. The molecule has 0 radical (unpaired) electrons. The average Bonchev–Trinajstić information content (AvgIpc) is 2.17. The number of H-pyrrole nitrogens is 1. The lowest BCUT2D eigenvalue weighted by atomic mass is 11.4. The van der Waals surface area contributed by atoms with Gasteiger partial charge in [0.05, 0.1) is 0 Å². The van der Waals surface area contributed by atoms with Crippen LogP contribution in [0.15, 0.2) is 6.33 Å². The van der Waals surface area contributed by atoms with Crippen LogP contribution in [0.1, 0.15) is 0 Å². The van der Waals surface area contributed by atoms with E-state index in [1.165, 1.54) is 11.2 Å². The fourth-order valence-corrected chi connectivity index (χ4v) is 0.129. The Balaban J connectivity index is 0.000000145. The zero-order chi connectivity index (χ0) is 6.24. The molecule has 0 saturated heterocycles. The molecule has 1 aromatic heterocycles. The highest BCUT2D eigenvalue weighted by Gasteiger charge is 1.58. The van der Waals surface area contributed by atoms with Gasteiger partial charge in [-0.15, -0.1) is 10.2 Å². The first kappa shape index (κ1) is 6.38. The number of aromatic nitrogens is 4. The van der Waals surface area contributed by atoms with Crippen molar-refractivity contribution in [2.75, 3.05) is 0 Å². The summed E-state index contributed by atoms with van der Waals surface area (Å²) in [5.74, 6) is 0. The zero-order valence-electron chi connectivity index (χ0n) is 3.76. The Hall–Kier alpha value is -1.62. The van der Waals surface area contributed by atoms with Crippen molar-refractivity contribution < 1.29 is 0 Å². The third kappa shape index (κ3) is 4.38. The normalized spacial score (nSPS) is 6.00. The summed E-state index contributed by atoms with van der Waals surface area (Å²) < 4.78 is 0. The number of nitrogens with one attached hydrogen (secondary N) is 1. The molecule has 7 heteroatoms. The molecule has 8 heavy (non-hydrogen) atoms. The molecular formula is CH2N7-. The average molecular weight is 112 g/mol. The second-order valence-electron chi connectivity index (χ2n) is 0.649. The molecule has 1 aromatic rings. The molecule has 0 aliphatic carbocycles. The standard InChI is InChI=1S/CH2N4.N3/c1-2-4-5-3-1;1-3-2/h1H,(H,2,3,4,5);/q;-1. The molecule has 0 aromatic carbocycles. The van der Waals surface area contributed by atoms with Crippen molar-refractivity contribution in [3.63, 3.8) is 0 Å². The summed E-state index contributed by atoms with van der Waals surface area (Å²) in [4.78, 5) is 1.50. The number of tetrazole rings is 1. The Morgan fingerprint density at radius 2 is 2.12 bits per heavy atom. The summed E-state index contributed by atoms with van der Waals surface area (Å²) in [6, 6.07) is 0. The van der Waals surface area contributed by atoms with E-state index >= 15 is 0 Å². The molecule has 1 rings (SSSR count). The van der Waals surface area contributed by atoms with E-state index in [1.807, 2.05) is 0 Å². The first-order valence-corrected chi connectivity index (χ1v) is 1.56. The Kier molecular flexibility index (Phi) is 4.29. The molecule has 1 heterocycles. The lowest BCUT2D eigenvalue weighted by Crippen LogP contribution is -1.64. The van der Waals surface area contributed by atoms with E-state index in [2.05, 4.69) is 20.6 Å². The smallest absolute Gasteiger partial charge is 0.161 e. The second kappa shape index (κ2) is 5.38. The fraction of sp³-hybridized carbons (Fsp3) is 0. The first-order chi connectivity index (χ1) is 3.91. The molecule has 0 amide bonds. The third-order valence-corrected chi connectivity index (χ3v) is 0.270. The van der Waals surface area contributed by atoms with E-state index in [1.54, 1.807) is 0 Å². The minimum Gasteiger partial charge on any atom is -0.373 e. The predicted molar refractivity (Wildman–Crippen MR) is 24.3 cm³/mol. The SMILES string of the molecule is [N-]=[N+]=[N-].c1nn[nH]n1. The second-order valence-corrected chi connectivity index (χ2v) is 0.649. The van der Waals surface area contributed by atoms with Crippen LogP contribution >= 0.6 is 0 Å². The monoisotopic (exact) mass is 112 g/mol. The zero-order valence-corrected chi connectivity index (χ0v) is 3.76. The highest BCUT2D eigenvalue weighted by molar-refractivity contribution is 4.36. The van der Waals surface area contributed by atoms with Gasteiger partial charge in [-0.3, -0.25) is 4.91 Å². The molecule has 0 aliphatic heterocycles. The molecule has 42 valence electrons. The Morgan fingerprint density at radius 3 is 2.25 bits per heavy atom. The third-order valence-electron chi connectivity index (χ3n) is 0.270. The van der Waals surface area contributed by atoms with Crippen LogP contribution in [0.5, 0.6) is 0 Å². The molecule has 0 fully saturated rings. The Labute approximate surface area is 44.1 Å². The largest absolute Gasteiger partial charge is 0.373 e. The number of hydrogen-bond donors (Lipinski definition) is 1. The Morgan fingerprint density at radius 1 is 1.50 bits per heavy atom. The van der Waals surface area contributed by atoms with Crippen LogP contribution < -0.4 is 0 Å². The number of aromatic amines is 1. The van der Waals surface area contributed by atoms with Crippen LogP contribution in [0.2, 0.25) is 0 Å². The fourth-order valence-electron chi connectivity index (χ4n) is 0.129. The Bertz CT molecular complexity index is 116. The van der Waals surface area contributed by atoms with Gasteiger partial charge in [-0.1, -0.05) is 5.21 Å². The van der Waals surface area contributed by atoms with Crippen molar-refractivity contribution in [2.24, 2.45) is 0 Å². The van der Waals surface area contributed by atoms with Crippen LogP contribution in [0, 0.1) is 0 Å². The molecule has 0 saturated carbocycles. The number of nitrogens with zero attached hydrogens (tertiary/aromatic N) is 6. The molecule has 0 aliphatic rings. The summed E-state index contributed by atoms with van der Waals surface area (Å²) in [5, 5.41) is 12.2. The summed E-state index contributed by atoms with van der Waals surface area (Å²) >= 11 is 0. The lowest BCUT2D eigenvalue weighted by Gasteiger charge is -1.44. The topological polar surface area (TPSA) is 113 Å². The van der Waals surface area contributed by atoms with Gasteiger partial charge in [0.2, 0.25) is 0 Å². The number of hydrogen-bond acceptors (Lipinski definition) is 3. The van der Waals surface area contributed by atoms with Crippen LogP contribution in [-0.2, 0) is 0 Å². The summed E-state index contributed by atoms with van der Waals surface area (Å²) in [5.41, 5.74) is 13.5. The predicted octanol–water partition coefficient (Wildman–Crippen LogP) is 0.0658. The van der Waals surface area contributed by atoms with Gasteiger partial charge in [0.15, 0.2) is 6.33 Å². The van der Waals surface area contributed by atoms with Gasteiger partial charge in [0.1, 0.15) is 0 Å². The molecular weight excluding hydrogens is 110 g/mol. The maximum Gasteiger partial charge on any atom is 0.161 e. The van der Waals surface area contributed by atoms with Gasteiger partial charge in [0, 0.05) is 0 Å². The van der Waals surface area contributed by atoms with Crippen LogP contribution in [-0.4, -0.2) is 20.6 Å². The van der Waals surface area contributed by atoms with Crippen molar-refractivity contribution in [1.82, 2.24) is 20.6 Å². The van der Waals surface area contributed by atoms with Crippen molar-refractivity contribution >= 4 is 0 Å². The van der Waals surface area contributed by atoms with Gasteiger partial charge in [-0.25, -0.2) is 0 Å². The minimum atomic E-state index is 1.33. The van der Waals surface area contributed by atoms with E-state index in [4.69, 9.17) is 11.1 Å². The number of rotatable bonds is 0. The van der Waals surface area contributed by atoms with E-state index in [0.29, 0.717) is 0 Å². The summed E-state index contributed by atoms with van der Waals surface area (Å²) in [6.45, 7) is 0. The summed E-state index contributed by atoms with van der Waals surface area (Å²) in [7, 11) is 0. The van der Waals surface area contributed by atoms with E-state index in [9.17, 15) is 0 Å². The van der Waals surface area contributed by atoms with Crippen LogP contribution in [0.3, 0.4) is 0 Å². The highest BCUT2D eigenvalue weighted by atomic mass is 15.5. The quantitative estimate of drug-likeness (QED) is 0.291. The van der Waals surface area contributed by atoms with Gasteiger partial charge >= 0.3 is 0 Å². The highest BCUT2D eigenvalue weighted by Crippen LogP contribution is 1.43. The molecule has 1 N–H and O–H groups in total. The molecule has 0 bridgehead atoms. The van der Waals surface area contributed by atoms with Gasteiger partial charge < -0.3 is 11.1 Å². The maximum absolute atomic E-state index is 6.75. The van der Waals surface area contributed by atoms with Crippen molar-refractivity contribution in [2.45, 2.75) is 0 Å². The molecule has 0 unspecified atom stereocenters. The maximum atomic E-state index is 6.75. The molecule has 0 spiro atoms. The van der Waals surface area contributed by atoms with Crippen LogP contribution in [0.25, 0.3) is 16.0 Å². The van der Waals surface area contributed by atoms with Crippen molar-refractivity contribution in [1.29, 1.82) is 0 Å². The van der Waals surface area contributed by atoms with Crippen molar-refractivity contribution in [3.05, 3.63) is 22.3 Å². The molecule has 0 atom stereocenters. The minimum absolute atomic E-state index is 1.33. The molecule has 7 nitrogen and oxygen atoms in total. The van der Waals surface area contributed by atoms with Gasteiger partial charge in [0.25, 0.3) is 0 Å². The van der Waals surface area contributed by atoms with Gasteiger partial charge in [-0.2, -0.15) is 5.21 Å². The van der Waals surface area contributed by atoms with E-state index < -0.39 is 0 Å². The first-order valence-electron chi connectivity index (χ1n) is 1.56. The lowest BCUT2D eigenvalue weighted by molar-refractivity contribution is 0.881. The van der Waals surface area contributed by atoms with Gasteiger partial charge in [-0.05, 0) is 0 Å². The van der Waals surface area contributed by atoms with E-state index in [0.717, 1.165) is 0 Å². The van der Waals surface area contributed by atoms with Crippen LogP contribution in [0.4, 0.5) is 0 Å².